The number of nitrogens with one attached hydrogen (secondary N) is 1. The normalized spacial score (nSPS) is 15.9. The number of carboxylic acids is 1. The van der Waals surface area contributed by atoms with Crippen LogP contribution in [0.1, 0.15) is 32.5 Å². The highest BCUT2D eigenvalue weighted by Crippen LogP contribution is 2.49. The van der Waals surface area contributed by atoms with E-state index in [4.69, 9.17) is 23.2 Å². The predicted octanol–water partition coefficient (Wildman–Crippen LogP) is 5.89. The van der Waals surface area contributed by atoms with Crippen molar-refractivity contribution in [2.75, 3.05) is 5.32 Å². The smallest absolute Gasteiger partial charge is 0.346 e. The van der Waals surface area contributed by atoms with Crippen molar-refractivity contribution in [3.05, 3.63) is 73.9 Å². The summed E-state index contributed by atoms with van der Waals surface area (Å²) in [7, 11) is 0. The molecule has 0 saturated heterocycles. The van der Waals surface area contributed by atoms with E-state index in [1.54, 1.807) is 12.1 Å². The summed E-state index contributed by atoms with van der Waals surface area (Å²) >= 11 is 13.4. The topological polar surface area (TPSA) is 66.4 Å². The molecule has 0 bridgehead atoms. The van der Waals surface area contributed by atoms with Gasteiger partial charge < -0.3 is 10.4 Å². The van der Waals surface area contributed by atoms with Crippen molar-refractivity contribution in [3.8, 4) is 11.1 Å². The van der Waals surface area contributed by atoms with Crippen molar-refractivity contribution in [3.63, 3.8) is 0 Å². The SMILES string of the molecule is O=C1C[C@@H](c2ccc(Cl)c(Cl)c2)c2sc(C(=O)O)c(-c3ccccc3)c2N1. The molecule has 27 heavy (non-hydrogen) atoms. The second kappa shape index (κ2) is 7.00. The molecule has 1 aliphatic heterocycles. The Hall–Kier alpha value is -2.34. The summed E-state index contributed by atoms with van der Waals surface area (Å²) in [6.45, 7) is 0. The standard InChI is InChI=1S/C20H13Cl2NO3S/c21-13-7-6-11(8-14(13)22)12-9-15(24)23-17-16(10-4-2-1-3-5-10)19(20(25)26)27-18(12)17/h1-8,12H,9H2,(H,23,24)(H,25,26)/t12-/m0/s1. The van der Waals surface area contributed by atoms with Crippen molar-refractivity contribution >= 4 is 52.1 Å². The minimum atomic E-state index is -1.02. The molecule has 2 N–H and O–H groups in total. The zero-order chi connectivity index (χ0) is 19.1. The van der Waals surface area contributed by atoms with Crippen LogP contribution < -0.4 is 5.32 Å². The van der Waals surface area contributed by atoms with Gasteiger partial charge in [-0.1, -0.05) is 59.6 Å². The lowest BCUT2D eigenvalue weighted by Gasteiger charge is -2.24. The number of fused-ring (bicyclic) bond motifs is 1. The van der Waals surface area contributed by atoms with E-state index < -0.39 is 5.97 Å². The van der Waals surface area contributed by atoms with Crippen LogP contribution >= 0.6 is 34.5 Å². The van der Waals surface area contributed by atoms with Crippen molar-refractivity contribution in [2.45, 2.75) is 12.3 Å². The van der Waals surface area contributed by atoms with Gasteiger partial charge in [0.1, 0.15) is 4.88 Å². The minimum Gasteiger partial charge on any atom is -0.477 e. The number of hydrogen-bond acceptors (Lipinski definition) is 3. The molecule has 1 atom stereocenters. The van der Waals surface area contributed by atoms with Crippen LogP contribution in [0.4, 0.5) is 5.69 Å². The maximum absolute atomic E-state index is 12.4. The Bertz CT molecular complexity index is 1060. The van der Waals surface area contributed by atoms with Gasteiger partial charge in [-0.2, -0.15) is 0 Å². The number of carboxylic acid groups (broad SMARTS) is 1. The van der Waals surface area contributed by atoms with E-state index in [0.717, 1.165) is 16.0 Å². The first-order valence-corrected chi connectivity index (χ1v) is 9.73. The second-order valence-electron chi connectivity index (χ2n) is 6.20. The second-order valence-corrected chi connectivity index (χ2v) is 8.06. The first kappa shape index (κ1) is 18.0. The molecule has 0 aliphatic carbocycles. The third-order valence-corrected chi connectivity index (χ3v) is 6.54. The van der Waals surface area contributed by atoms with Gasteiger partial charge in [0.15, 0.2) is 0 Å². The Morgan fingerprint density at radius 2 is 1.85 bits per heavy atom. The van der Waals surface area contributed by atoms with E-state index in [9.17, 15) is 14.7 Å². The monoisotopic (exact) mass is 417 g/mol. The zero-order valence-corrected chi connectivity index (χ0v) is 16.2. The number of carbonyl (C=O) groups excluding carboxylic acids is 1. The Kier molecular flexibility index (Phi) is 4.68. The number of aromatic carboxylic acids is 1. The van der Waals surface area contributed by atoms with E-state index in [0.29, 0.717) is 21.3 Å². The van der Waals surface area contributed by atoms with Crippen molar-refractivity contribution < 1.29 is 14.7 Å². The predicted molar refractivity (Wildman–Crippen MR) is 108 cm³/mol. The third kappa shape index (κ3) is 3.23. The highest BCUT2D eigenvalue weighted by atomic mass is 35.5. The van der Waals surface area contributed by atoms with Crippen LogP contribution in [0.5, 0.6) is 0 Å². The van der Waals surface area contributed by atoms with Gasteiger partial charge in [-0.25, -0.2) is 4.79 Å². The molecule has 2 aromatic carbocycles. The number of hydrogen-bond donors (Lipinski definition) is 2. The lowest BCUT2D eigenvalue weighted by atomic mass is 9.88. The first-order chi connectivity index (χ1) is 13.0. The van der Waals surface area contributed by atoms with Gasteiger partial charge in [0, 0.05) is 22.8 Å². The molecule has 7 heteroatoms. The molecular weight excluding hydrogens is 405 g/mol. The van der Waals surface area contributed by atoms with Crippen molar-refractivity contribution in [2.24, 2.45) is 0 Å². The average molecular weight is 418 g/mol. The number of halogens is 2. The molecule has 136 valence electrons. The van der Waals surface area contributed by atoms with Crippen LogP contribution in [0, 0.1) is 0 Å². The lowest BCUT2D eigenvalue weighted by Crippen LogP contribution is -2.22. The number of thiophene rings is 1. The van der Waals surface area contributed by atoms with E-state index in [2.05, 4.69) is 5.32 Å². The van der Waals surface area contributed by atoms with Crippen LogP contribution in [-0.2, 0) is 4.79 Å². The summed E-state index contributed by atoms with van der Waals surface area (Å²) in [6.07, 6.45) is 0.221. The summed E-state index contributed by atoms with van der Waals surface area (Å²) < 4.78 is 0. The summed E-state index contributed by atoms with van der Waals surface area (Å²) in [5.41, 5.74) is 2.69. The quantitative estimate of drug-likeness (QED) is 0.557. The molecule has 0 unspecified atom stereocenters. The van der Waals surface area contributed by atoms with Crippen LogP contribution in [-0.4, -0.2) is 17.0 Å². The van der Waals surface area contributed by atoms with Crippen LogP contribution in [0.25, 0.3) is 11.1 Å². The largest absolute Gasteiger partial charge is 0.477 e. The molecule has 0 fully saturated rings. The Morgan fingerprint density at radius 3 is 2.52 bits per heavy atom. The highest BCUT2D eigenvalue weighted by molar-refractivity contribution is 7.15. The zero-order valence-electron chi connectivity index (χ0n) is 13.8. The van der Waals surface area contributed by atoms with Crippen LogP contribution in [0.15, 0.2) is 48.5 Å². The summed E-state index contributed by atoms with van der Waals surface area (Å²) in [5, 5.41) is 13.5. The molecule has 0 saturated carbocycles. The highest BCUT2D eigenvalue weighted by Gasteiger charge is 2.34. The van der Waals surface area contributed by atoms with Gasteiger partial charge in [-0.3, -0.25) is 4.79 Å². The molecule has 1 aromatic heterocycles. The third-order valence-electron chi connectivity index (χ3n) is 4.51. The Labute approximate surface area is 169 Å². The van der Waals surface area contributed by atoms with Gasteiger partial charge in [0.25, 0.3) is 0 Å². The minimum absolute atomic E-state index is 0.162. The molecular formula is C20H13Cl2NO3S. The maximum Gasteiger partial charge on any atom is 0.346 e. The average Bonchev–Trinajstić information content (AvgIpc) is 3.03. The molecule has 1 amide bonds. The first-order valence-electron chi connectivity index (χ1n) is 8.16. The lowest BCUT2D eigenvalue weighted by molar-refractivity contribution is -0.116. The van der Waals surface area contributed by atoms with Gasteiger partial charge in [0.05, 0.1) is 15.7 Å². The maximum atomic E-state index is 12.4. The van der Waals surface area contributed by atoms with Gasteiger partial charge in [-0.15, -0.1) is 11.3 Å². The number of carbonyl (C=O) groups is 2. The number of rotatable bonds is 3. The Morgan fingerprint density at radius 1 is 1.11 bits per heavy atom. The van der Waals surface area contributed by atoms with Gasteiger partial charge in [0.2, 0.25) is 5.91 Å². The Balaban J connectivity index is 1.94. The van der Waals surface area contributed by atoms with Crippen molar-refractivity contribution in [1.29, 1.82) is 0 Å². The molecule has 3 aromatic rings. The van der Waals surface area contributed by atoms with E-state index in [1.165, 1.54) is 11.3 Å². The molecule has 4 rings (SSSR count). The van der Waals surface area contributed by atoms with E-state index in [1.807, 2.05) is 36.4 Å². The number of amides is 1. The molecule has 1 aliphatic rings. The fourth-order valence-electron chi connectivity index (χ4n) is 3.32. The molecule has 4 nitrogen and oxygen atoms in total. The molecule has 0 spiro atoms. The van der Waals surface area contributed by atoms with E-state index in [-0.39, 0.29) is 23.1 Å². The number of anilines is 1. The molecule has 0 radical (unpaired) electrons. The van der Waals surface area contributed by atoms with Crippen LogP contribution in [0.3, 0.4) is 0 Å². The van der Waals surface area contributed by atoms with E-state index >= 15 is 0 Å². The van der Waals surface area contributed by atoms with Crippen molar-refractivity contribution in [1.82, 2.24) is 0 Å². The van der Waals surface area contributed by atoms with Gasteiger partial charge >= 0.3 is 5.97 Å². The fourth-order valence-corrected chi connectivity index (χ4v) is 4.87. The van der Waals surface area contributed by atoms with Gasteiger partial charge in [-0.05, 0) is 23.3 Å². The number of benzene rings is 2. The summed E-state index contributed by atoms with van der Waals surface area (Å²) in [5.74, 6) is -1.45. The molecule has 2 heterocycles. The fraction of sp³-hybridized carbons (Fsp3) is 0.100. The summed E-state index contributed by atoms with van der Waals surface area (Å²) in [4.78, 5) is 25.3. The summed E-state index contributed by atoms with van der Waals surface area (Å²) in [6, 6.07) is 14.5. The van der Waals surface area contributed by atoms with Crippen LogP contribution in [0.2, 0.25) is 10.0 Å².